The van der Waals surface area contributed by atoms with Gasteiger partial charge in [-0.15, -0.1) is 5.10 Å². The molecule has 2 rings (SSSR count). The summed E-state index contributed by atoms with van der Waals surface area (Å²) in [5.74, 6) is 6.13. The number of halogens is 1. The number of ether oxygens (including phenoxy) is 1. The first-order chi connectivity index (χ1) is 8.86. The summed E-state index contributed by atoms with van der Waals surface area (Å²) in [7, 11) is 1.99. The van der Waals surface area contributed by atoms with Gasteiger partial charge in [-0.3, -0.25) is 0 Å². The normalized spacial score (nSPS) is 17.7. The van der Waals surface area contributed by atoms with Crippen molar-refractivity contribution in [1.29, 1.82) is 0 Å². The molecule has 1 heterocycles. The van der Waals surface area contributed by atoms with Crippen LogP contribution in [0.4, 0.5) is 5.69 Å². The number of nitrogens with zero attached hydrogens (tertiary/aromatic N) is 2. The van der Waals surface area contributed by atoms with Crippen LogP contribution in [0, 0.1) is 0 Å². The van der Waals surface area contributed by atoms with E-state index in [0.717, 1.165) is 5.69 Å². The lowest BCUT2D eigenvalue weighted by Crippen LogP contribution is -2.49. The summed E-state index contributed by atoms with van der Waals surface area (Å²) in [6.07, 6.45) is 0. The highest BCUT2D eigenvalue weighted by Gasteiger charge is 2.34. The lowest BCUT2D eigenvalue weighted by Gasteiger charge is -2.43. The molecular formula is C12H18ClN5O. The van der Waals surface area contributed by atoms with E-state index in [2.05, 4.69) is 29.4 Å². The zero-order valence-electron chi connectivity index (χ0n) is 11.2. The van der Waals surface area contributed by atoms with E-state index in [9.17, 15) is 0 Å². The van der Waals surface area contributed by atoms with E-state index < -0.39 is 0 Å². The van der Waals surface area contributed by atoms with E-state index in [4.69, 9.17) is 27.9 Å². The molecule has 1 aliphatic rings. The van der Waals surface area contributed by atoms with Crippen molar-refractivity contribution in [2.45, 2.75) is 19.4 Å². The van der Waals surface area contributed by atoms with Crippen LogP contribution in [0.1, 0.15) is 19.4 Å². The fraction of sp³-hybridized carbons (Fsp3) is 0.417. The van der Waals surface area contributed by atoms with Gasteiger partial charge in [-0.1, -0.05) is 11.6 Å². The summed E-state index contributed by atoms with van der Waals surface area (Å²) >= 11 is 6.08. The second kappa shape index (κ2) is 4.79. The number of likely N-dealkylation sites (N-methyl/N-ethyl adjacent to an activating group) is 1. The van der Waals surface area contributed by atoms with Crippen molar-refractivity contribution in [3.8, 4) is 5.75 Å². The standard InChI is InChI=1S/C12H18ClN5O/c1-12(2)6-19-9-5-7(13)4-8(10(9)18(12)3)11(14)16-17-15/h4-5,17H,6,15H2,1-3H3,(H2,14,16). The number of nitrogens with one attached hydrogen (secondary N) is 1. The Morgan fingerprint density at radius 3 is 2.84 bits per heavy atom. The molecule has 0 unspecified atom stereocenters. The fourth-order valence-electron chi connectivity index (χ4n) is 2.01. The van der Waals surface area contributed by atoms with E-state index in [-0.39, 0.29) is 11.4 Å². The van der Waals surface area contributed by atoms with Crippen molar-refractivity contribution >= 4 is 23.1 Å². The summed E-state index contributed by atoms with van der Waals surface area (Å²) in [6, 6.07) is 3.52. The Bertz CT molecular complexity index is 529. The topological polar surface area (TPSA) is 88.9 Å². The predicted molar refractivity (Wildman–Crippen MR) is 77.5 cm³/mol. The molecule has 1 aromatic carbocycles. The van der Waals surface area contributed by atoms with Gasteiger partial charge in [-0.25, -0.2) is 11.4 Å². The van der Waals surface area contributed by atoms with Crippen molar-refractivity contribution in [2.24, 2.45) is 16.7 Å². The van der Waals surface area contributed by atoms with Gasteiger partial charge in [0.15, 0.2) is 5.84 Å². The Hall–Kier alpha value is -1.66. The van der Waals surface area contributed by atoms with Gasteiger partial charge in [-0.05, 0) is 19.9 Å². The smallest absolute Gasteiger partial charge is 0.154 e. The average Bonchev–Trinajstić information content (AvgIpc) is 2.34. The molecule has 7 heteroatoms. The second-order valence-corrected chi connectivity index (χ2v) is 5.52. The molecule has 104 valence electrons. The van der Waals surface area contributed by atoms with Gasteiger partial charge in [0.1, 0.15) is 12.4 Å². The molecule has 1 aromatic rings. The maximum atomic E-state index is 6.08. The monoisotopic (exact) mass is 283 g/mol. The van der Waals surface area contributed by atoms with Crippen LogP contribution in [0.15, 0.2) is 17.2 Å². The number of rotatable bonds is 2. The molecule has 5 N–H and O–H groups in total. The number of benzene rings is 1. The largest absolute Gasteiger partial charge is 0.489 e. The van der Waals surface area contributed by atoms with E-state index in [0.29, 0.717) is 22.9 Å². The fourth-order valence-corrected chi connectivity index (χ4v) is 2.22. The third-order valence-corrected chi connectivity index (χ3v) is 3.54. The van der Waals surface area contributed by atoms with Gasteiger partial charge in [0.2, 0.25) is 0 Å². The number of hydrazine groups is 1. The highest BCUT2D eigenvalue weighted by atomic mass is 35.5. The molecule has 0 aromatic heterocycles. The molecule has 19 heavy (non-hydrogen) atoms. The molecule has 0 aliphatic carbocycles. The first-order valence-corrected chi connectivity index (χ1v) is 6.24. The van der Waals surface area contributed by atoms with Gasteiger partial charge in [-0.2, -0.15) is 0 Å². The van der Waals surface area contributed by atoms with Crippen LogP contribution in [-0.2, 0) is 0 Å². The van der Waals surface area contributed by atoms with Gasteiger partial charge < -0.3 is 15.4 Å². The summed E-state index contributed by atoms with van der Waals surface area (Å²) in [4.78, 5) is 2.11. The Kier molecular flexibility index (Phi) is 3.47. The van der Waals surface area contributed by atoms with Gasteiger partial charge in [0.05, 0.1) is 11.2 Å². The SMILES string of the molecule is CN1c2c(cc(Cl)cc2/C(N)=N/NN)OCC1(C)C. The number of anilines is 1. The van der Waals surface area contributed by atoms with Crippen molar-refractivity contribution < 1.29 is 4.74 Å². The zero-order chi connectivity index (χ0) is 14.2. The molecule has 0 atom stereocenters. The first-order valence-electron chi connectivity index (χ1n) is 5.86. The van der Waals surface area contributed by atoms with Crippen LogP contribution >= 0.6 is 11.6 Å². The number of hydrogen-bond acceptors (Lipinski definition) is 5. The van der Waals surface area contributed by atoms with Crippen LogP contribution in [0.25, 0.3) is 0 Å². The minimum absolute atomic E-state index is 0.147. The van der Waals surface area contributed by atoms with E-state index in [1.807, 2.05) is 7.05 Å². The first kappa shape index (κ1) is 13.8. The third kappa shape index (κ3) is 2.41. The lowest BCUT2D eigenvalue weighted by atomic mass is 9.99. The minimum atomic E-state index is -0.147. The van der Waals surface area contributed by atoms with Crippen LogP contribution in [0.5, 0.6) is 5.75 Å². The Labute approximate surface area is 117 Å². The molecule has 0 amide bonds. The quantitative estimate of drug-likeness (QED) is 0.326. The van der Waals surface area contributed by atoms with Crippen LogP contribution in [-0.4, -0.2) is 25.0 Å². The maximum absolute atomic E-state index is 6.08. The highest BCUT2D eigenvalue weighted by molar-refractivity contribution is 6.31. The molecule has 0 fully saturated rings. The summed E-state index contributed by atoms with van der Waals surface area (Å²) < 4.78 is 5.77. The van der Waals surface area contributed by atoms with Crippen LogP contribution in [0.2, 0.25) is 5.02 Å². The van der Waals surface area contributed by atoms with E-state index in [1.165, 1.54) is 0 Å². The van der Waals surface area contributed by atoms with Crippen LogP contribution in [0.3, 0.4) is 0 Å². The predicted octanol–water partition coefficient (Wildman–Crippen LogP) is 1.03. The number of amidine groups is 1. The number of fused-ring (bicyclic) bond motifs is 1. The van der Waals surface area contributed by atoms with E-state index >= 15 is 0 Å². The van der Waals surface area contributed by atoms with Gasteiger partial charge in [0.25, 0.3) is 0 Å². The number of nitrogens with two attached hydrogens (primary N) is 2. The Morgan fingerprint density at radius 1 is 1.53 bits per heavy atom. The van der Waals surface area contributed by atoms with Crippen LogP contribution < -0.4 is 26.7 Å². The Balaban J connectivity index is 2.63. The molecule has 0 saturated carbocycles. The highest BCUT2D eigenvalue weighted by Crippen LogP contribution is 2.41. The van der Waals surface area contributed by atoms with E-state index in [1.54, 1.807) is 12.1 Å². The number of hydrogen-bond donors (Lipinski definition) is 3. The average molecular weight is 284 g/mol. The second-order valence-electron chi connectivity index (χ2n) is 5.09. The maximum Gasteiger partial charge on any atom is 0.154 e. The van der Waals surface area contributed by atoms with Crippen molar-refractivity contribution in [3.05, 3.63) is 22.7 Å². The molecule has 6 nitrogen and oxygen atoms in total. The summed E-state index contributed by atoms with van der Waals surface area (Å²) in [5, 5.41) is 4.35. The Morgan fingerprint density at radius 2 is 2.21 bits per heavy atom. The summed E-state index contributed by atoms with van der Waals surface area (Å²) in [6.45, 7) is 4.74. The van der Waals surface area contributed by atoms with Gasteiger partial charge in [0, 0.05) is 23.7 Å². The summed E-state index contributed by atoms with van der Waals surface area (Å²) in [5.41, 5.74) is 9.51. The van der Waals surface area contributed by atoms with Crippen molar-refractivity contribution in [1.82, 2.24) is 5.53 Å². The zero-order valence-corrected chi connectivity index (χ0v) is 12.0. The van der Waals surface area contributed by atoms with Crippen molar-refractivity contribution in [3.63, 3.8) is 0 Å². The molecule has 0 spiro atoms. The molecule has 1 aliphatic heterocycles. The third-order valence-electron chi connectivity index (χ3n) is 3.32. The lowest BCUT2D eigenvalue weighted by molar-refractivity contribution is 0.218. The molecule has 0 radical (unpaired) electrons. The minimum Gasteiger partial charge on any atom is -0.489 e. The molecule has 0 saturated heterocycles. The molecular weight excluding hydrogens is 266 g/mol. The van der Waals surface area contributed by atoms with Gasteiger partial charge >= 0.3 is 0 Å². The number of hydrazone groups is 1. The van der Waals surface area contributed by atoms with Crippen molar-refractivity contribution in [2.75, 3.05) is 18.6 Å². The molecule has 0 bridgehead atoms.